The SMILES string of the molecule is CC(C)C1CCCCN1C(=O)c1nn(C(C)C)c(=O)c2ccccc12. The molecule has 1 fully saturated rings. The Hall–Kier alpha value is -2.17. The van der Waals surface area contributed by atoms with Crippen LogP contribution in [0, 0.1) is 5.92 Å². The highest BCUT2D eigenvalue weighted by Gasteiger charge is 2.31. The maximum atomic E-state index is 13.4. The van der Waals surface area contributed by atoms with Gasteiger partial charge in [-0.05, 0) is 45.1 Å². The Labute approximate surface area is 148 Å². The Morgan fingerprint density at radius 1 is 1.12 bits per heavy atom. The fourth-order valence-corrected chi connectivity index (χ4v) is 3.75. The van der Waals surface area contributed by atoms with Crippen LogP contribution in [0.5, 0.6) is 0 Å². The molecule has 1 atom stereocenters. The number of amides is 1. The van der Waals surface area contributed by atoms with Gasteiger partial charge in [0.05, 0.1) is 11.4 Å². The van der Waals surface area contributed by atoms with Crippen LogP contribution >= 0.6 is 0 Å². The summed E-state index contributed by atoms with van der Waals surface area (Å²) < 4.78 is 1.43. The Morgan fingerprint density at radius 2 is 1.80 bits per heavy atom. The standard InChI is InChI=1S/C20H27N3O2/c1-13(2)17-11-7-8-12-22(17)20(25)18-15-9-5-6-10-16(15)19(24)23(21-18)14(3)4/h5-6,9-10,13-14,17H,7-8,11-12H2,1-4H3. The van der Waals surface area contributed by atoms with Gasteiger partial charge in [0.15, 0.2) is 5.69 Å². The third-order valence-electron chi connectivity index (χ3n) is 5.10. The Morgan fingerprint density at radius 3 is 2.44 bits per heavy atom. The van der Waals surface area contributed by atoms with E-state index in [0.717, 1.165) is 25.8 Å². The molecule has 1 amide bonds. The number of carbonyl (C=O) groups is 1. The number of benzene rings is 1. The lowest BCUT2D eigenvalue weighted by Crippen LogP contribution is -2.47. The van der Waals surface area contributed by atoms with Crippen molar-refractivity contribution < 1.29 is 4.79 Å². The van der Waals surface area contributed by atoms with Gasteiger partial charge in [-0.15, -0.1) is 0 Å². The van der Waals surface area contributed by atoms with Crippen molar-refractivity contribution in [2.45, 2.75) is 59.0 Å². The molecule has 2 heterocycles. The lowest BCUT2D eigenvalue weighted by molar-refractivity contribution is 0.0536. The van der Waals surface area contributed by atoms with Crippen molar-refractivity contribution in [3.05, 3.63) is 40.3 Å². The lowest BCUT2D eigenvalue weighted by Gasteiger charge is -2.38. The number of hydrogen-bond acceptors (Lipinski definition) is 3. The first-order chi connectivity index (χ1) is 11.9. The van der Waals surface area contributed by atoms with E-state index in [-0.39, 0.29) is 23.6 Å². The van der Waals surface area contributed by atoms with Gasteiger partial charge in [-0.2, -0.15) is 5.10 Å². The van der Waals surface area contributed by atoms with Gasteiger partial charge in [0.1, 0.15) is 0 Å². The van der Waals surface area contributed by atoms with E-state index in [4.69, 9.17) is 0 Å². The number of rotatable bonds is 3. The normalized spacial score (nSPS) is 18.3. The lowest BCUT2D eigenvalue weighted by atomic mass is 9.92. The molecule has 0 N–H and O–H groups in total. The topological polar surface area (TPSA) is 55.2 Å². The molecule has 1 aliphatic rings. The first-order valence-electron chi connectivity index (χ1n) is 9.24. The number of carbonyl (C=O) groups excluding carboxylic acids is 1. The monoisotopic (exact) mass is 341 g/mol. The van der Waals surface area contributed by atoms with Gasteiger partial charge in [0, 0.05) is 18.0 Å². The molecule has 5 nitrogen and oxygen atoms in total. The number of hydrogen-bond donors (Lipinski definition) is 0. The van der Waals surface area contributed by atoms with Crippen molar-refractivity contribution in [1.29, 1.82) is 0 Å². The van der Waals surface area contributed by atoms with E-state index in [1.54, 1.807) is 6.07 Å². The van der Waals surface area contributed by atoms with Crippen molar-refractivity contribution in [2.24, 2.45) is 5.92 Å². The van der Waals surface area contributed by atoms with Gasteiger partial charge in [0.2, 0.25) is 0 Å². The molecule has 1 aromatic heterocycles. The van der Waals surface area contributed by atoms with E-state index in [0.29, 0.717) is 22.4 Å². The first kappa shape index (κ1) is 17.6. The van der Waals surface area contributed by atoms with E-state index in [2.05, 4.69) is 18.9 Å². The number of piperidine rings is 1. The van der Waals surface area contributed by atoms with E-state index in [1.807, 2.05) is 36.9 Å². The number of nitrogens with zero attached hydrogens (tertiary/aromatic N) is 3. The highest BCUT2D eigenvalue weighted by atomic mass is 16.2. The third-order valence-corrected chi connectivity index (χ3v) is 5.10. The molecule has 1 unspecified atom stereocenters. The molecule has 2 aromatic rings. The average Bonchev–Trinajstić information content (AvgIpc) is 2.61. The zero-order valence-electron chi connectivity index (χ0n) is 15.5. The second-order valence-corrected chi connectivity index (χ2v) is 7.54. The van der Waals surface area contributed by atoms with Crippen LogP contribution in [-0.2, 0) is 0 Å². The van der Waals surface area contributed by atoms with Crippen molar-refractivity contribution in [3.8, 4) is 0 Å². The average molecular weight is 341 g/mol. The minimum atomic E-state index is -0.138. The molecule has 3 rings (SSSR count). The predicted octanol–water partition coefficient (Wildman–Crippen LogP) is 3.63. The van der Waals surface area contributed by atoms with Crippen LogP contribution in [0.15, 0.2) is 29.1 Å². The summed E-state index contributed by atoms with van der Waals surface area (Å²) in [5.41, 5.74) is 0.262. The highest BCUT2D eigenvalue weighted by molar-refractivity contribution is 6.04. The Bertz CT molecular complexity index is 838. The maximum Gasteiger partial charge on any atom is 0.275 e. The van der Waals surface area contributed by atoms with E-state index in [9.17, 15) is 9.59 Å². The molecule has 134 valence electrons. The van der Waals surface area contributed by atoms with Crippen molar-refractivity contribution in [3.63, 3.8) is 0 Å². The van der Waals surface area contributed by atoms with Gasteiger partial charge >= 0.3 is 0 Å². The van der Waals surface area contributed by atoms with Crippen LogP contribution in [0.2, 0.25) is 0 Å². The summed E-state index contributed by atoms with van der Waals surface area (Å²) in [7, 11) is 0. The Kier molecular flexibility index (Phi) is 4.93. The van der Waals surface area contributed by atoms with E-state index >= 15 is 0 Å². The summed E-state index contributed by atoms with van der Waals surface area (Å²) >= 11 is 0. The molecule has 1 saturated heterocycles. The molecule has 25 heavy (non-hydrogen) atoms. The molecular weight excluding hydrogens is 314 g/mol. The summed E-state index contributed by atoms with van der Waals surface area (Å²) in [6.07, 6.45) is 3.22. The van der Waals surface area contributed by atoms with Gasteiger partial charge < -0.3 is 4.90 Å². The second kappa shape index (κ2) is 6.98. The summed E-state index contributed by atoms with van der Waals surface area (Å²) in [4.78, 5) is 28.0. The van der Waals surface area contributed by atoms with Gasteiger partial charge in [-0.1, -0.05) is 32.0 Å². The molecule has 0 radical (unpaired) electrons. The fraction of sp³-hybridized carbons (Fsp3) is 0.550. The first-order valence-corrected chi connectivity index (χ1v) is 9.24. The fourth-order valence-electron chi connectivity index (χ4n) is 3.75. The van der Waals surface area contributed by atoms with Crippen LogP contribution < -0.4 is 5.56 Å². The summed E-state index contributed by atoms with van der Waals surface area (Å²) in [6.45, 7) is 8.91. The van der Waals surface area contributed by atoms with Crippen LogP contribution in [0.3, 0.4) is 0 Å². The molecule has 5 heteroatoms. The quantitative estimate of drug-likeness (QED) is 0.856. The summed E-state index contributed by atoms with van der Waals surface area (Å²) in [5.74, 6) is 0.357. The minimum absolute atomic E-state index is 0.0519. The number of fused-ring (bicyclic) bond motifs is 1. The van der Waals surface area contributed by atoms with Crippen LogP contribution in [0.1, 0.15) is 63.5 Å². The molecule has 1 aromatic carbocycles. The Balaban J connectivity index is 2.15. The predicted molar refractivity (Wildman–Crippen MR) is 99.9 cm³/mol. The van der Waals surface area contributed by atoms with Gasteiger partial charge in [-0.3, -0.25) is 9.59 Å². The molecule has 0 spiro atoms. The summed E-state index contributed by atoms with van der Waals surface area (Å²) in [6, 6.07) is 7.45. The molecule has 0 aliphatic carbocycles. The highest BCUT2D eigenvalue weighted by Crippen LogP contribution is 2.26. The third kappa shape index (κ3) is 3.20. The second-order valence-electron chi connectivity index (χ2n) is 7.54. The molecule has 0 saturated carbocycles. The minimum Gasteiger partial charge on any atom is -0.334 e. The maximum absolute atomic E-state index is 13.4. The zero-order chi connectivity index (χ0) is 18.1. The van der Waals surface area contributed by atoms with Crippen LogP contribution in [0.4, 0.5) is 0 Å². The molecular formula is C20H27N3O2. The molecule has 0 bridgehead atoms. The zero-order valence-corrected chi connectivity index (χ0v) is 15.5. The number of likely N-dealkylation sites (tertiary alicyclic amines) is 1. The van der Waals surface area contributed by atoms with Crippen molar-refractivity contribution >= 4 is 16.7 Å². The smallest absolute Gasteiger partial charge is 0.275 e. The van der Waals surface area contributed by atoms with Crippen LogP contribution in [-0.4, -0.2) is 33.2 Å². The molecule has 1 aliphatic heterocycles. The van der Waals surface area contributed by atoms with Crippen molar-refractivity contribution in [1.82, 2.24) is 14.7 Å². The van der Waals surface area contributed by atoms with E-state index in [1.165, 1.54) is 4.68 Å². The van der Waals surface area contributed by atoms with E-state index < -0.39 is 0 Å². The van der Waals surface area contributed by atoms with Gasteiger partial charge in [0.25, 0.3) is 11.5 Å². The summed E-state index contributed by atoms with van der Waals surface area (Å²) in [5, 5.41) is 5.70. The van der Waals surface area contributed by atoms with Crippen LogP contribution in [0.25, 0.3) is 10.8 Å². The largest absolute Gasteiger partial charge is 0.334 e. The van der Waals surface area contributed by atoms with Crippen molar-refractivity contribution in [2.75, 3.05) is 6.54 Å². The number of aromatic nitrogens is 2. The van der Waals surface area contributed by atoms with Gasteiger partial charge in [-0.25, -0.2) is 4.68 Å².